The molecule has 2 aromatic heterocycles. The highest BCUT2D eigenvalue weighted by molar-refractivity contribution is 5.77. The summed E-state index contributed by atoms with van der Waals surface area (Å²) in [7, 11) is 0. The average Bonchev–Trinajstić information content (AvgIpc) is 3.30. The van der Waals surface area contributed by atoms with Crippen molar-refractivity contribution in [2.24, 2.45) is 5.92 Å². The van der Waals surface area contributed by atoms with Crippen LogP contribution in [0.15, 0.2) is 41.1 Å². The molecule has 0 radical (unpaired) electrons. The van der Waals surface area contributed by atoms with Gasteiger partial charge in [-0.2, -0.15) is 5.26 Å². The van der Waals surface area contributed by atoms with E-state index in [4.69, 9.17) is 9.68 Å². The molecule has 1 saturated heterocycles. The predicted molar refractivity (Wildman–Crippen MR) is 92.5 cm³/mol. The maximum absolute atomic E-state index is 12.0. The molecule has 3 rings (SSSR count). The van der Waals surface area contributed by atoms with E-state index < -0.39 is 0 Å². The van der Waals surface area contributed by atoms with Crippen LogP contribution in [0, 0.1) is 17.2 Å². The van der Waals surface area contributed by atoms with Gasteiger partial charge in [-0.3, -0.25) is 9.69 Å². The molecule has 1 atom stereocenters. The van der Waals surface area contributed by atoms with Crippen molar-refractivity contribution in [1.29, 1.82) is 5.26 Å². The molecule has 130 valence electrons. The van der Waals surface area contributed by atoms with Gasteiger partial charge in [0.25, 0.3) is 0 Å². The summed E-state index contributed by atoms with van der Waals surface area (Å²) in [5.74, 6) is 1.81. The molecule has 3 heterocycles. The van der Waals surface area contributed by atoms with Crippen LogP contribution in [0.3, 0.4) is 0 Å². The lowest BCUT2D eigenvalue weighted by Crippen LogP contribution is -2.36. The number of nitriles is 1. The number of aromatic nitrogens is 1. The lowest BCUT2D eigenvalue weighted by Gasteiger charge is -2.16. The summed E-state index contributed by atoms with van der Waals surface area (Å²) >= 11 is 0. The SMILES string of the molecule is N#Cc1cccnc1NCC1CCN(CC(=O)NCc2ccco2)C1. The van der Waals surface area contributed by atoms with Gasteiger partial charge in [-0.15, -0.1) is 0 Å². The van der Waals surface area contributed by atoms with E-state index >= 15 is 0 Å². The van der Waals surface area contributed by atoms with Crippen LogP contribution in [0.5, 0.6) is 0 Å². The minimum absolute atomic E-state index is 0.00139. The van der Waals surface area contributed by atoms with Gasteiger partial charge in [0.05, 0.1) is 24.9 Å². The lowest BCUT2D eigenvalue weighted by molar-refractivity contribution is -0.122. The number of carbonyl (C=O) groups is 1. The van der Waals surface area contributed by atoms with Gasteiger partial charge in [0, 0.05) is 19.3 Å². The van der Waals surface area contributed by atoms with E-state index in [1.54, 1.807) is 30.7 Å². The van der Waals surface area contributed by atoms with E-state index in [0.29, 0.717) is 30.4 Å². The van der Waals surface area contributed by atoms with Crippen LogP contribution in [0.1, 0.15) is 17.7 Å². The number of likely N-dealkylation sites (tertiary alicyclic amines) is 1. The van der Waals surface area contributed by atoms with Crippen molar-refractivity contribution < 1.29 is 9.21 Å². The fraction of sp³-hybridized carbons (Fsp3) is 0.389. The van der Waals surface area contributed by atoms with Gasteiger partial charge >= 0.3 is 0 Å². The van der Waals surface area contributed by atoms with Crippen LogP contribution in [0.25, 0.3) is 0 Å². The Hall–Kier alpha value is -2.85. The van der Waals surface area contributed by atoms with Crippen molar-refractivity contribution >= 4 is 11.7 Å². The molecule has 7 heteroatoms. The zero-order valence-electron chi connectivity index (χ0n) is 13.9. The van der Waals surface area contributed by atoms with Crippen LogP contribution in [0.4, 0.5) is 5.82 Å². The smallest absolute Gasteiger partial charge is 0.234 e. The zero-order valence-corrected chi connectivity index (χ0v) is 13.9. The molecular weight excluding hydrogens is 318 g/mol. The highest BCUT2D eigenvalue weighted by Gasteiger charge is 2.24. The Kier molecular flexibility index (Phi) is 5.65. The van der Waals surface area contributed by atoms with Crippen LogP contribution in [0.2, 0.25) is 0 Å². The number of pyridine rings is 1. The fourth-order valence-electron chi connectivity index (χ4n) is 2.96. The van der Waals surface area contributed by atoms with Crippen molar-refractivity contribution in [2.45, 2.75) is 13.0 Å². The van der Waals surface area contributed by atoms with Gasteiger partial charge in [-0.1, -0.05) is 0 Å². The Morgan fingerprint density at radius 1 is 1.44 bits per heavy atom. The summed E-state index contributed by atoms with van der Waals surface area (Å²) in [4.78, 5) is 18.4. The van der Waals surface area contributed by atoms with Gasteiger partial charge in [-0.05, 0) is 43.1 Å². The summed E-state index contributed by atoms with van der Waals surface area (Å²) in [5.41, 5.74) is 0.551. The van der Waals surface area contributed by atoms with Crippen molar-refractivity contribution in [3.8, 4) is 6.07 Å². The molecule has 0 aliphatic carbocycles. The molecule has 0 saturated carbocycles. The van der Waals surface area contributed by atoms with Crippen molar-refractivity contribution in [3.05, 3.63) is 48.0 Å². The highest BCUT2D eigenvalue weighted by atomic mass is 16.3. The number of anilines is 1. The second kappa shape index (κ2) is 8.31. The van der Waals surface area contributed by atoms with Crippen molar-refractivity contribution in [1.82, 2.24) is 15.2 Å². The van der Waals surface area contributed by atoms with Gasteiger partial charge in [0.15, 0.2) is 0 Å². The van der Waals surface area contributed by atoms with Crippen LogP contribution in [-0.4, -0.2) is 42.0 Å². The minimum atomic E-state index is 0.00139. The summed E-state index contributed by atoms with van der Waals surface area (Å²) in [6, 6.07) is 9.28. The van der Waals surface area contributed by atoms with E-state index in [0.717, 1.165) is 31.8 Å². The first kappa shape index (κ1) is 17.0. The Labute approximate surface area is 146 Å². The number of nitrogens with one attached hydrogen (secondary N) is 2. The average molecular weight is 339 g/mol. The summed E-state index contributed by atoms with van der Waals surface area (Å²) in [6.45, 7) is 3.31. The molecule has 0 aromatic carbocycles. The normalized spacial score (nSPS) is 17.2. The molecule has 0 bridgehead atoms. The third kappa shape index (κ3) is 4.81. The van der Waals surface area contributed by atoms with E-state index in [9.17, 15) is 4.79 Å². The highest BCUT2D eigenvalue weighted by Crippen LogP contribution is 2.17. The van der Waals surface area contributed by atoms with E-state index in [2.05, 4.69) is 26.6 Å². The lowest BCUT2D eigenvalue weighted by atomic mass is 10.1. The van der Waals surface area contributed by atoms with E-state index in [1.807, 2.05) is 6.07 Å². The van der Waals surface area contributed by atoms with Gasteiger partial charge in [-0.25, -0.2) is 4.98 Å². The monoisotopic (exact) mass is 339 g/mol. The molecule has 2 N–H and O–H groups in total. The zero-order chi connectivity index (χ0) is 17.5. The summed E-state index contributed by atoms with van der Waals surface area (Å²) < 4.78 is 5.20. The fourth-order valence-corrected chi connectivity index (χ4v) is 2.96. The van der Waals surface area contributed by atoms with Crippen molar-refractivity contribution in [2.75, 3.05) is 31.5 Å². The van der Waals surface area contributed by atoms with Crippen LogP contribution < -0.4 is 10.6 Å². The molecule has 0 spiro atoms. The number of carbonyl (C=O) groups excluding carboxylic acids is 1. The summed E-state index contributed by atoms with van der Waals surface area (Å²) in [5, 5.41) is 15.2. The Balaban J connectivity index is 1.39. The molecular formula is C18H21N5O2. The van der Waals surface area contributed by atoms with Gasteiger partial charge in [0.1, 0.15) is 17.6 Å². The molecule has 1 fully saturated rings. The van der Waals surface area contributed by atoms with Gasteiger partial charge < -0.3 is 15.1 Å². The van der Waals surface area contributed by atoms with Crippen LogP contribution >= 0.6 is 0 Å². The molecule has 1 aliphatic rings. The third-order valence-electron chi connectivity index (χ3n) is 4.26. The first-order valence-corrected chi connectivity index (χ1v) is 8.35. The topological polar surface area (TPSA) is 94.2 Å². The molecule has 2 aromatic rings. The quantitative estimate of drug-likeness (QED) is 0.796. The van der Waals surface area contributed by atoms with E-state index in [1.165, 1.54) is 0 Å². The number of hydrogen-bond donors (Lipinski definition) is 2. The van der Waals surface area contributed by atoms with Crippen molar-refractivity contribution in [3.63, 3.8) is 0 Å². The second-order valence-corrected chi connectivity index (χ2v) is 6.14. The number of hydrogen-bond acceptors (Lipinski definition) is 6. The molecule has 25 heavy (non-hydrogen) atoms. The number of nitrogens with zero attached hydrogens (tertiary/aromatic N) is 3. The maximum Gasteiger partial charge on any atom is 0.234 e. The maximum atomic E-state index is 12.0. The molecule has 1 unspecified atom stereocenters. The predicted octanol–water partition coefficient (Wildman–Crippen LogP) is 1.60. The largest absolute Gasteiger partial charge is 0.467 e. The molecule has 1 amide bonds. The Morgan fingerprint density at radius 2 is 2.36 bits per heavy atom. The summed E-state index contributed by atoms with van der Waals surface area (Å²) in [6.07, 6.45) is 4.29. The first-order chi connectivity index (χ1) is 12.2. The number of amides is 1. The van der Waals surface area contributed by atoms with E-state index in [-0.39, 0.29) is 5.91 Å². The number of rotatable bonds is 7. The minimum Gasteiger partial charge on any atom is -0.467 e. The Bertz CT molecular complexity index is 738. The second-order valence-electron chi connectivity index (χ2n) is 6.14. The molecule has 7 nitrogen and oxygen atoms in total. The van der Waals surface area contributed by atoms with Crippen LogP contribution in [-0.2, 0) is 11.3 Å². The molecule has 1 aliphatic heterocycles. The van der Waals surface area contributed by atoms with Gasteiger partial charge in [0.2, 0.25) is 5.91 Å². The standard InChI is InChI=1S/C18H21N5O2/c19-9-15-3-1-6-20-18(15)22-10-14-5-7-23(12-14)13-17(24)21-11-16-4-2-8-25-16/h1-4,6,8,14H,5,7,10-13H2,(H,20,22)(H,21,24). The first-order valence-electron chi connectivity index (χ1n) is 8.35. The Morgan fingerprint density at radius 3 is 3.16 bits per heavy atom. The third-order valence-corrected chi connectivity index (χ3v) is 4.26. The number of furan rings is 1.